The number of nitrogens with one attached hydrogen (secondary N) is 1. The second-order valence-corrected chi connectivity index (χ2v) is 8.44. The summed E-state index contributed by atoms with van der Waals surface area (Å²) in [5.74, 6) is 0.223. The zero-order chi connectivity index (χ0) is 23.7. The molecule has 3 N–H and O–H groups in total. The summed E-state index contributed by atoms with van der Waals surface area (Å²) >= 11 is 0. The summed E-state index contributed by atoms with van der Waals surface area (Å²) in [4.78, 5) is 15.5. The fraction of sp³-hybridized carbons (Fsp3) is 0.138. The number of anilines is 1. The van der Waals surface area contributed by atoms with Crippen LogP contribution in [0.2, 0.25) is 0 Å². The number of H-pyrrole nitrogens is 1. The van der Waals surface area contributed by atoms with Gasteiger partial charge in [-0.25, -0.2) is 4.79 Å². The quantitative estimate of drug-likeness (QED) is 0.243. The summed E-state index contributed by atoms with van der Waals surface area (Å²) in [6.07, 6.45) is 2.80. The molecule has 0 spiro atoms. The number of carbonyl (C=O) groups is 1. The van der Waals surface area contributed by atoms with Crippen LogP contribution in [-0.4, -0.2) is 25.2 Å². The first-order chi connectivity index (χ1) is 16.6. The number of methoxy groups -OCH3 is 2. The van der Waals surface area contributed by atoms with Crippen molar-refractivity contribution in [2.24, 2.45) is 0 Å². The molecule has 0 saturated heterocycles. The Kier molecular flexibility index (Phi) is 5.68. The van der Waals surface area contributed by atoms with Crippen molar-refractivity contribution in [3.63, 3.8) is 0 Å². The molecule has 1 heterocycles. The first-order valence-corrected chi connectivity index (χ1v) is 11.2. The molecule has 0 aliphatic heterocycles. The van der Waals surface area contributed by atoms with E-state index in [0.29, 0.717) is 17.0 Å². The summed E-state index contributed by atoms with van der Waals surface area (Å²) in [5.41, 5.74) is 11.7. The van der Waals surface area contributed by atoms with Gasteiger partial charge in [0.25, 0.3) is 0 Å². The van der Waals surface area contributed by atoms with Crippen LogP contribution in [0.1, 0.15) is 33.0 Å². The van der Waals surface area contributed by atoms with Gasteiger partial charge in [0.2, 0.25) is 0 Å². The normalized spacial score (nSPS) is 12.1. The van der Waals surface area contributed by atoms with Crippen molar-refractivity contribution in [1.29, 1.82) is 0 Å². The highest BCUT2D eigenvalue weighted by atomic mass is 16.5. The van der Waals surface area contributed by atoms with Crippen molar-refractivity contribution < 1.29 is 14.3 Å². The third-order valence-electron chi connectivity index (χ3n) is 6.40. The number of benzene rings is 4. The van der Waals surface area contributed by atoms with E-state index in [4.69, 9.17) is 15.2 Å². The van der Waals surface area contributed by atoms with E-state index in [9.17, 15) is 4.79 Å². The first-order valence-electron chi connectivity index (χ1n) is 11.2. The molecule has 5 nitrogen and oxygen atoms in total. The van der Waals surface area contributed by atoms with E-state index in [-0.39, 0.29) is 5.92 Å². The first kappa shape index (κ1) is 21.6. The van der Waals surface area contributed by atoms with Crippen LogP contribution >= 0.6 is 0 Å². The molecule has 0 fully saturated rings. The predicted molar refractivity (Wildman–Crippen MR) is 137 cm³/mol. The van der Waals surface area contributed by atoms with Gasteiger partial charge in [0.1, 0.15) is 5.75 Å². The zero-order valence-corrected chi connectivity index (χ0v) is 19.2. The maximum Gasteiger partial charge on any atom is 0.337 e. The van der Waals surface area contributed by atoms with E-state index in [1.54, 1.807) is 19.2 Å². The van der Waals surface area contributed by atoms with Gasteiger partial charge in [-0.1, -0.05) is 48.5 Å². The Balaban J connectivity index is 1.66. The number of rotatable bonds is 6. The van der Waals surface area contributed by atoms with E-state index in [2.05, 4.69) is 47.4 Å². The molecule has 5 aromatic rings. The van der Waals surface area contributed by atoms with Gasteiger partial charge < -0.3 is 20.2 Å². The minimum Gasteiger partial charge on any atom is -0.496 e. The third-order valence-corrected chi connectivity index (χ3v) is 6.40. The summed E-state index contributed by atoms with van der Waals surface area (Å²) in [6.45, 7) is 0. The summed E-state index contributed by atoms with van der Waals surface area (Å²) in [7, 11) is 3.00. The van der Waals surface area contributed by atoms with Crippen LogP contribution in [0.5, 0.6) is 5.75 Å². The Labute approximate surface area is 198 Å². The maximum atomic E-state index is 12.1. The summed E-state index contributed by atoms with van der Waals surface area (Å²) in [6, 6.07) is 26.3. The zero-order valence-electron chi connectivity index (χ0n) is 19.2. The highest BCUT2D eigenvalue weighted by Gasteiger charge is 2.23. The average Bonchev–Trinajstić information content (AvgIpc) is 3.29. The molecule has 0 bridgehead atoms. The lowest BCUT2D eigenvalue weighted by molar-refractivity contribution is 0.0600. The molecule has 5 rings (SSSR count). The second kappa shape index (κ2) is 8.94. The van der Waals surface area contributed by atoms with Crippen LogP contribution in [0, 0.1) is 0 Å². The van der Waals surface area contributed by atoms with Crippen molar-refractivity contribution in [3.8, 4) is 5.75 Å². The molecule has 0 aliphatic rings. The van der Waals surface area contributed by atoms with Crippen LogP contribution < -0.4 is 10.5 Å². The monoisotopic (exact) mass is 450 g/mol. The van der Waals surface area contributed by atoms with Gasteiger partial charge in [-0.15, -0.1) is 0 Å². The van der Waals surface area contributed by atoms with Crippen molar-refractivity contribution in [1.82, 2.24) is 4.98 Å². The molecule has 1 unspecified atom stereocenters. The van der Waals surface area contributed by atoms with Crippen LogP contribution in [0.15, 0.2) is 85.1 Å². The lowest BCUT2D eigenvalue weighted by Gasteiger charge is -2.21. The van der Waals surface area contributed by atoms with E-state index in [0.717, 1.165) is 28.5 Å². The minimum atomic E-state index is -0.393. The molecule has 0 saturated carbocycles. The highest BCUT2D eigenvalue weighted by molar-refractivity contribution is 5.90. The Bertz CT molecular complexity index is 1500. The standard InChI is InChI=1S/C29H26N2O3/c1-33-28-15-21(29(32)34-2)9-11-23(28)24(26-17-31-27-12-10-22(30)16-25(26)27)14-18-7-8-19-5-3-4-6-20(19)13-18/h3-13,15-17,24,31H,14,30H2,1-2H3. The van der Waals surface area contributed by atoms with Crippen LogP contribution in [0.25, 0.3) is 21.7 Å². The molecule has 0 radical (unpaired) electrons. The van der Waals surface area contributed by atoms with Crippen LogP contribution in [-0.2, 0) is 11.2 Å². The molecule has 170 valence electrons. The predicted octanol–water partition coefficient (Wildman–Crippen LogP) is 6.07. The van der Waals surface area contributed by atoms with Gasteiger partial charge in [-0.2, -0.15) is 0 Å². The Hall–Kier alpha value is -4.25. The van der Waals surface area contributed by atoms with E-state index < -0.39 is 5.97 Å². The largest absolute Gasteiger partial charge is 0.496 e. The van der Waals surface area contributed by atoms with Gasteiger partial charge in [0.05, 0.1) is 19.8 Å². The van der Waals surface area contributed by atoms with Crippen molar-refractivity contribution >= 4 is 33.3 Å². The SMILES string of the molecule is COC(=O)c1ccc(C(Cc2ccc3ccccc3c2)c2c[nH]c3ccc(N)cc23)c(OC)c1. The molecular formula is C29H26N2O3. The number of fused-ring (bicyclic) bond motifs is 2. The van der Waals surface area contributed by atoms with Crippen LogP contribution in [0.4, 0.5) is 5.69 Å². The number of esters is 1. The Morgan fingerprint density at radius 2 is 1.74 bits per heavy atom. The fourth-order valence-electron chi connectivity index (χ4n) is 4.68. The topological polar surface area (TPSA) is 77.3 Å². The van der Waals surface area contributed by atoms with Gasteiger partial charge >= 0.3 is 5.97 Å². The van der Waals surface area contributed by atoms with E-state index in [1.165, 1.54) is 23.4 Å². The number of aromatic amines is 1. The molecule has 5 heteroatoms. The number of hydrogen-bond donors (Lipinski definition) is 2. The summed E-state index contributed by atoms with van der Waals surface area (Å²) in [5, 5.41) is 3.49. The molecular weight excluding hydrogens is 424 g/mol. The van der Waals surface area contributed by atoms with Crippen molar-refractivity contribution in [2.45, 2.75) is 12.3 Å². The number of nitrogens with two attached hydrogens (primary N) is 1. The minimum absolute atomic E-state index is 0.0293. The third kappa shape index (κ3) is 3.97. The van der Waals surface area contributed by atoms with Gasteiger partial charge in [0, 0.05) is 34.3 Å². The number of hydrogen-bond acceptors (Lipinski definition) is 4. The molecule has 34 heavy (non-hydrogen) atoms. The lowest BCUT2D eigenvalue weighted by Crippen LogP contribution is -2.09. The van der Waals surface area contributed by atoms with Crippen molar-refractivity contribution in [3.05, 3.63) is 107 Å². The van der Waals surface area contributed by atoms with Gasteiger partial charge in [-0.3, -0.25) is 0 Å². The molecule has 0 amide bonds. The van der Waals surface area contributed by atoms with Gasteiger partial charge in [-0.05, 0) is 58.7 Å². The van der Waals surface area contributed by atoms with Crippen LogP contribution in [0.3, 0.4) is 0 Å². The number of carbonyl (C=O) groups excluding carboxylic acids is 1. The maximum absolute atomic E-state index is 12.1. The fourth-order valence-corrected chi connectivity index (χ4v) is 4.68. The smallest absolute Gasteiger partial charge is 0.337 e. The molecule has 0 aliphatic carbocycles. The van der Waals surface area contributed by atoms with E-state index >= 15 is 0 Å². The van der Waals surface area contributed by atoms with Gasteiger partial charge in [0.15, 0.2) is 0 Å². The average molecular weight is 451 g/mol. The highest BCUT2D eigenvalue weighted by Crippen LogP contribution is 2.39. The Morgan fingerprint density at radius 1 is 0.912 bits per heavy atom. The van der Waals surface area contributed by atoms with E-state index in [1.807, 2.05) is 30.5 Å². The molecule has 1 aromatic heterocycles. The second-order valence-electron chi connectivity index (χ2n) is 8.44. The Morgan fingerprint density at radius 3 is 2.53 bits per heavy atom. The number of ether oxygens (including phenoxy) is 2. The lowest BCUT2D eigenvalue weighted by atomic mass is 9.84. The summed E-state index contributed by atoms with van der Waals surface area (Å²) < 4.78 is 10.7. The molecule has 4 aromatic carbocycles. The number of aromatic nitrogens is 1. The molecule has 1 atom stereocenters. The van der Waals surface area contributed by atoms with Crippen molar-refractivity contribution in [2.75, 3.05) is 20.0 Å². The number of nitrogen functional groups attached to an aromatic ring is 1.